The van der Waals surface area contributed by atoms with Crippen LogP contribution in [0.5, 0.6) is 0 Å². The van der Waals surface area contributed by atoms with Crippen LogP contribution in [0.3, 0.4) is 0 Å². The van der Waals surface area contributed by atoms with Crippen LogP contribution in [0.4, 0.5) is 4.39 Å². The Morgan fingerprint density at radius 3 is 2.95 bits per heavy atom. The third-order valence-corrected chi connectivity index (χ3v) is 5.12. The smallest absolute Gasteiger partial charge is 0.270 e. The summed E-state index contributed by atoms with van der Waals surface area (Å²) in [5, 5.41) is 3.39. The number of hydrogen-bond acceptors (Lipinski definition) is 4. The predicted molar refractivity (Wildman–Crippen MR) is 79.0 cm³/mol. The fourth-order valence-electron chi connectivity index (χ4n) is 3.80. The molecule has 6 heteroatoms. The lowest BCUT2D eigenvalue weighted by Crippen LogP contribution is -2.62. The first-order valence-electron chi connectivity index (χ1n) is 7.71. The molecule has 22 heavy (non-hydrogen) atoms. The number of piperidine rings is 3. The van der Waals surface area contributed by atoms with Crippen molar-refractivity contribution in [2.45, 2.75) is 31.8 Å². The quantitative estimate of drug-likeness (QED) is 0.924. The van der Waals surface area contributed by atoms with Gasteiger partial charge in [0.1, 0.15) is 12.0 Å². The zero-order valence-corrected chi connectivity index (χ0v) is 12.4. The van der Waals surface area contributed by atoms with Crippen LogP contribution in [0.2, 0.25) is 0 Å². The number of furan rings is 1. The van der Waals surface area contributed by atoms with E-state index in [0.29, 0.717) is 22.9 Å². The van der Waals surface area contributed by atoms with Crippen molar-refractivity contribution in [3.05, 3.63) is 30.0 Å². The molecule has 2 aromatic rings. The van der Waals surface area contributed by atoms with Crippen molar-refractivity contribution in [3.8, 4) is 0 Å². The molecule has 2 bridgehead atoms. The Kier molecular flexibility index (Phi) is 3.14. The Bertz CT molecular complexity index is 719. The topological polar surface area (TPSA) is 58.4 Å². The zero-order chi connectivity index (χ0) is 15.3. The molecule has 5 heterocycles. The summed E-state index contributed by atoms with van der Waals surface area (Å²) in [5.74, 6) is -0.186. The molecule has 3 fully saturated rings. The normalized spacial score (nSPS) is 30.6. The van der Waals surface area contributed by atoms with Gasteiger partial charge in [-0.2, -0.15) is 0 Å². The van der Waals surface area contributed by atoms with E-state index in [1.807, 2.05) is 0 Å². The van der Waals surface area contributed by atoms with Gasteiger partial charge in [0, 0.05) is 12.1 Å². The summed E-state index contributed by atoms with van der Waals surface area (Å²) >= 11 is 0. The highest BCUT2D eigenvalue weighted by Crippen LogP contribution is 2.32. The van der Waals surface area contributed by atoms with Crippen molar-refractivity contribution >= 4 is 16.9 Å². The van der Waals surface area contributed by atoms with Gasteiger partial charge in [-0.05, 0) is 44.8 Å². The molecule has 5 nitrogen and oxygen atoms in total. The molecule has 3 saturated heterocycles. The predicted octanol–water partition coefficient (Wildman–Crippen LogP) is 2.18. The van der Waals surface area contributed by atoms with E-state index in [-0.39, 0.29) is 17.6 Å². The van der Waals surface area contributed by atoms with Gasteiger partial charge in [-0.3, -0.25) is 9.69 Å². The number of pyridine rings is 1. The minimum Gasteiger partial charge on any atom is -0.460 e. The van der Waals surface area contributed by atoms with Crippen LogP contribution in [0.15, 0.2) is 22.9 Å². The summed E-state index contributed by atoms with van der Waals surface area (Å²) in [6.45, 7) is 4.38. The molecule has 0 aliphatic carbocycles. The second-order valence-electron chi connectivity index (χ2n) is 6.26. The standard InChI is InChI=1S/C16H18FN3O2/c1-9-15(10-2-4-20(9)5-3-10)19-16(21)13-6-11-12(17)8-22-14(11)7-18-13/h6-10,15H,2-5H2,1H3,(H,19,21)/t9-,15-/m0/s1. The van der Waals surface area contributed by atoms with Gasteiger partial charge < -0.3 is 9.73 Å². The van der Waals surface area contributed by atoms with Gasteiger partial charge in [-0.15, -0.1) is 0 Å². The average Bonchev–Trinajstić information content (AvgIpc) is 2.92. The number of aromatic nitrogens is 1. The molecule has 3 aliphatic heterocycles. The molecular weight excluding hydrogens is 285 g/mol. The first kappa shape index (κ1) is 13.7. The summed E-state index contributed by atoms with van der Waals surface area (Å²) < 4.78 is 18.6. The van der Waals surface area contributed by atoms with E-state index >= 15 is 0 Å². The van der Waals surface area contributed by atoms with Crippen molar-refractivity contribution < 1.29 is 13.6 Å². The summed E-state index contributed by atoms with van der Waals surface area (Å²) in [6.07, 6.45) is 4.67. The molecule has 0 saturated carbocycles. The fourth-order valence-corrected chi connectivity index (χ4v) is 3.80. The number of halogens is 1. The van der Waals surface area contributed by atoms with Crippen molar-refractivity contribution in [1.82, 2.24) is 15.2 Å². The van der Waals surface area contributed by atoms with E-state index in [0.717, 1.165) is 32.2 Å². The minimum atomic E-state index is -0.470. The van der Waals surface area contributed by atoms with E-state index in [9.17, 15) is 9.18 Å². The van der Waals surface area contributed by atoms with Gasteiger partial charge in [-0.1, -0.05) is 0 Å². The Morgan fingerprint density at radius 2 is 2.23 bits per heavy atom. The second kappa shape index (κ2) is 5.05. The maximum Gasteiger partial charge on any atom is 0.270 e. The molecule has 0 aromatic carbocycles. The lowest BCUT2D eigenvalue weighted by Gasteiger charge is -2.49. The number of carbonyl (C=O) groups excluding carboxylic acids is 1. The van der Waals surface area contributed by atoms with Gasteiger partial charge in [0.15, 0.2) is 11.4 Å². The van der Waals surface area contributed by atoms with Gasteiger partial charge >= 0.3 is 0 Å². The lowest BCUT2D eigenvalue weighted by atomic mass is 9.79. The van der Waals surface area contributed by atoms with Crippen molar-refractivity contribution in [2.24, 2.45) is 5.92 Å². The minimum absolute atomic E-state index is 0.140. The summed E-state index contributed by atoms with van der Waals surface area (Å²) in [6, 6.07) is 1.93. The third-order valence-electron chi connectivity index (χ3n) is 5.12. The Labute approximate surface area is 127 Å². The lowest BCUT2D eigenvalue weighted by molar-refractivity contribution is 0.0216. The van der Waals surface area contributed by atoms with Crippen molar-refractivity contribution in [1.29, 1.82) is 0 Å². The van der Waals surface area contributed by atoms with E-state index in [4.69, 9.17) is 4.42 Å². The number of carbonyl (C=O) groups is 1. The Balaban J connectivity index is 1.57. The van der Waals surface area contributed by atoms with E-state index in [2.05, 4.69) is 22.1 Å². The number of rotatable bonds is 2. The van der Waals surface area contributed by atoms with Gasteiger partial charge in [-0.25, -0.2) is 9.37 Å². The van der Waals surface area contributed by atoms with E-state index < -0.39 is 5.82 Å². The van der Waals surface area contributed by atoms with Crippen molar-refractivity contribution in [3.63, 3.8) is 0 Å². The number of hydrogen-bond donors (Lipinski definition) is 1. The summed E-state index contributed by atoms with van der Waals surface area (Å²) in [5.41, 5.74) is 0.585. The molecule has 1 N–H and O–H groups in total. The number of fused-ring (bicyclic) bond motifs is 4. The molecule has 0 radical (unpaired) electrons. The average molecular weight is 303 g/mol. The maximum atomic E-state index is 13.6. The first-order valence-corrected chi connectivity index (χ1v) is 7.71. The van der Waals surface area contributed by atoms with Crippen LogP contribution >= 0.6 is 0 Å². The zero-order valence-electron chi connectivity index (χ0n) is 12.4. The van der Waals surface area contributed by atoms with Crippen LogP contribution in [0.25, 0.3) is 11.0 Å². The van der Waals surface area contributed by atoms with Crippen LogP contribution in [0.1, 0.15) is 30.3 Å². The monoisotopic (exact) mass is 303 g/mol. The molecular formula is C16H18FN3O2. The number of amides is 1. The SMILES string of the molecule is C[C@H]1[C@H](NC(=O)c2cc3c(F)coc3cn2)C2CCN1CC2. The van der Waals surface area contributed by atoms with Gasteiger partial charge in [0.25, 0.3) is 5.91 Å². The Morgan fingerprint density at radius 1 is 1.45 bits per heavy atom. The number of nitrogens with zero attached hydrogens (tertiary/aromatic N) is 2. The molecule has 0 spiro atoms. The maximum absolute atomic E-state index is 13.6. The van der Waals surface area contributed by atoms with Crippen LogP contribution in [0, 0.1) is 11.7 Å². The van der Waals surface area contributed by atoms with E-state index in [1.54, 1.807) is 0 Å². The van der Waals surface area contributed by atoms with Gasteiger partial charge in [0.2, 0.25) is 0 Å². The van der Waals surface area contributed by atoms with E-state index in [1.165, 1.54) is 12.3 Å². The molecule has 3 aliphatic rings. The molecule has 0 unspecified atom stereocenters. The molecule has 5 rings (SSSR count). The van der Waals surface area contributed by atoms with Crippen LogP contribution < -0.4 is 5.32 Å². The molecule has 2 aromatic heterocycles. The molecule has 1 amide bonds. The fraction of sp³-hybridized carbons (Fsp3) is 0.500. The third kappa shape index (κ3) is 2.09. The number of nitrogens with one attached hydrogen (secondary N) is 1. The summed E-state index contributed by atoms with van der Waals surface area (Å²) in [7, 11) is 0. The molecule has 2 atom stereocenters. The Hall–Kier alpha value is -1.95. The highest BCUT2D eigenvalue weighted by Gasteiger charge is 2.40. The second-order valence-corrected chi connectivity index (χ2v) is 6.26. The highest BCUT2D eigenvalue weighted by molar-refractivity contribution is 5.95. The first-order chi connectivity index (χ1) is 10.6. The van der Waals surface area contributed by atoms with Gasteiger partial charge in [0.05, 0.1) is 11.6 Å². The van der Waals surface area contributed by atoms with Crippen LogP contribution in [-0.2, 0) is 0 Å². The highest BCUT2D eigenvalue weighted by atomic mass is 19.1. The molecule has 116 valence electrons. The summed E-state index contributed by atoms with van der Waals surface area (Å²) in [4.78, 5) is 19.0. The van der Waals surface area contributed by atoms with Crippen molar-refractivity contribution in [2.75, 3.05) is 13.1 Å². The largest absolute Gasteiger partial charge is 0.460 e. The van der Waals surface area contributed by atoms with Crippen LogP contribution in [-0.4, -0.2) is 41.0 Å².